The summed E-state index contributed by atoms with van der Waals surface area (Å²) in [6.45, 7) is 0.445. The monoisotopic (exact) mass is 422 g/mol. The lowest BCUT2D eigenvalue weighted by Gasteiger charge is -2.53. The van der Waals surface area contributed by atoms with Gasteiger partial charge in [0.05, 0.1) is 0 Å². The van der Waals surface area contributed by atoms with Crippen molar-refractivity contribution in [3.05, 3.63) is 36.0 Å². The quantitative estimate of drug-likeness (QED) is 0.755. The SMILES string of the molecule is O=C(OC1C2CC3CC(C2)CC1C3)N1CCCC1(Cc1c[nH]c2ccccc12)C(=O)O. The van der Waals surface area contributed by atoms with Crippen molar-refractivity contribution in [3.63, 3.8) is 0 Å². The molecule has 7 rings (SSSR count). The van der Waals surface area contributed by atoms with Crippen LogP contribution in [-0.2, 0) is 16.0 Å². The van der Waals surface area contributed by atoms with E-state index >= 15 is 0 Å². The van der Waals surface area contributed by atoms with Gasteiger partial charge in [0.25, 0.3) is 0 Å². The molecule has 31 heavy (non-hydrogen) atoms. The summed E-state index contributed by atoms with van der Waals surface area (Å²) in [7, 11) is 0. The Labute approximate surface area is 181 Å². The fourth-order valence-electron chi connectivity index (χ4n) is 7.47. The van der Waals surface area contributed by atoms with Crippen LogP contribution in [0, 0.1) is 23.7 Å². The molecule has 1 saturated heterocycles. The summed E-state index contributed by atoms with van der Waals surface area (Å²) < 4.78 is 6.14. The first-order valence-electron chi connectivity index (χ1n) is 11.8. The van der Waals surface area contributed by atoms with E-state index in [-0.39, 0.29) is 6.10 Å². The average Bonchev–Trinajstić information content (AvgIpc) is 3.36. The second-order valence-electron chi connectivity index (χ2n) is 10.4. The van der Waals surface area contributed by atoms with Crippen LogP contribution in [-0.4, -0.2) is 45.2 Å². The van der Waals surface area contributed by atoms with Gasteiger partial charge in [-0.2, -0.15) is 0 Å². The molecule has 1 atom stereocenters. The second kappa shape index (κ2) is 7.01. The van der Waals surface area contributed by atoms with E-state index in [9.17, 15) is 14.7 Å². The Bertz CT molecular complexity index is 1000. The normalized spacial score (nSPS) is 36.3. The predicted molar refractivity (Wildman–Crippen MR) is 116 cm³/mol. The van der Waals surface area contributed by atoms with Crippen LogP contribution in [0.15, 0.2) is 30.5 Å². The molecule has 1 aromatic heterocycles. The largest absolute Gasteiger partial charge is 0.479 e. The highest BCUT2D eigenvalue weighted by molar-refractivity contribution is 5.88. The minimum atomic E-state index is -1.24. The number of nitrogens with zero attached hydrogens (tertiary/aromatic N) is 1. The lowest BCUT2D eigenvalue weighted by atomic mass is 9.55. The number of carbonyl (C=O) groups excluding carboxylic acids is 1. The van der Waals surface area contributed by atoms with Crippen LogP contribution in [0.1, 0.15) is 50.5 Å². The average molecular weight is 423 g/mol. The van der Waals surface area contributed by atoms with E-state index in [0.29, 0.717) is 37.6 Å². The van der Waals surface area contributed by atoms with Gasteiger partial charge in [0.15, 0.2) is 0 Å². The lowest BCUT2D eigenvalue weighted by molar-refractivity contribution is -0.150. The first-order chi connectivity index (χ1) is 15.0. The van der Waals surface area contributed by atoms with Crippen LogP contribution < -0.4 is 0 Å². The Kier molecular flexibility index (Phi) is 4.34. The number of aliphatic carboxylic acids is 1. The maximum atomic E-state index is 13.4. The van der Waals surface area contributed by atoms with Crippen LogP contribution in [0.2, 0.25) is 0 Å². The van der Waals surface area contributed by atoms with Gasteiger partial charge >= 0.3 is 12.1 Å². The summed E-state index contributed by atoms with van der Waals surface area (Å²) in [5, 5.41) is 11.3. The molecule has 1 amide bonds. The molecule has 4 aliphatic carbocycles. The summed E-state index contributed by atoms with van der Waals surface area (Å²) in [4.78, 5) is 30.7. The number of rotatable bonds is 4. The number of carboxylic acid groups (broad SMARTS) is 1. The molecule has 164 valence electrons. The van der Waals surface area contributed by atoms with Crippen LogP contribution >= 0.6 is 0 Å². The van der Waals surface area contributed by atoms with E-state index in [1.54, 1.807) is 0 Å². The lowest BCUT2D eigenvalue weighted by Crippen LogP contribution is -2.57. The standard InChI is InChI=1S/C25H30N2O4/c28-23(29)25(13-19-14-26-21-5-2-1-4-20(19)21)6-3-7-27(25)24(30)31-22-17-9-15-8-16(11-17)12-18(22)10-15/h1-2,4-5,14-18,22,26H,3,6-13H2,(H,28,29). The highest BCUT2D eigenvalue weighted by Crippen LogP contribution is 2.55. The first-order valence-corrected chi connectivity index (χ1v) is 11.8. The molecule has 2 heterocycles. The maximum Gasteiger partial charge on any atom is 0.411 e. The van der Waals surface area contributed by atoms with Gasteiger partial charge in [-0.25, -0.2) is 9.59 Å². The molecule has 1 aromatic carbocycles. The molecule has 5 aliphatic rings. The van der Waals surface area contributed by atoms with Gasteiger partial charge in [-0.1, -0.05) is 18.2 Å². The van der Waals surface area contributed by atoms with Gasteiger partial charge in [0.1, 0.15) is 11.6 Å². The van der Waals surface area contributed by atoms with Crippen molar-refractivity contribution < 1.29 is 19.4 Å². The van der Waals surface area contributed by atoms with Crippen LogP contribution in [0.5, 0.6) is 0 Å². The summed E-state index contributed by atoms with van der Waals surface area (Å²) >= 11 is 0. The summed E-state index contributed by atoms with van der Waals surface area (Å²) in [6.07, 6.45) is 8.91. The molecule has 1 unspecified atom stereocenters. The molecule has 2 N–H and O–H groups in total. The predicted octanol–water partition coefficient (Wildman–Crippen LogP) is 4.59. The van der Waals surface area contributed by atoms with E-state index in [1.165, 1.54) is 37.0 Å². The maximum absolute atomic E-state index is 13.4. The molecule has 6 nitrogen and oxygen atoms in total. The van der Waals surface area contributed by atoms with Crippen LogP contribution in [0.3, 0.4) is 0 Å². The van der Waals surface area contributed by atoms with Crippen molar-refractivity contribution in [2.24, 2.45) is 23.7 Å². The molecular weight excluding hydrogens is 392 g/mol. The molecule has 0 spiro atoms. The Morgan fingerprint density at radius 3 is 2.52 bits per heavy atom. The van der Waals surface area contributed by atoms with E-state index in [2.05, 4.69) is 4.98 Å². The third-order valence-corrected chi connectivity index (χ3v) is 8.64. The highest BCUT2D eigenvalue weighted by atomic mass is 16.6. The van der Waals surface area contributed by atoms with Gasteiger partial charge in [-0.05, 0) is 80.2 Å². The van der Waals surface area contributed by atoms with Crippen molar-refractivity contribution in [2.75, 3.05) is 6.54 Å². The van der Waals surface area contributed by atoms with E-state index in [0.717, 1.165) is 28.3 Å². The number of benzene rings is 1. The minimum Gasteiger partial charge on any atom is -0.479 e. The van der Waals surface area contributed by atoms with Gasteiger partial charge in [0, 0.05) is 30.1 Å². The molecule has 0 radical (unpaired) electrons. The number of aromatic amines is 1. The smallest absolute Gasteiger partial charge is 0.411 e. The Morgan fingerprint density at radius 1 is 1.10 bits per heavy atom. The van der Waals surface area contributed by atoms with Gasteiger partial charge in [-0.15, -0.1) is 0 Å². The number of hydrogen-bond donors (Lipinski definition) is 2. The number of carboxylic acids is 1. The van der Waals surface area contributed by atoms with Crippen molar-refractivity contribution in [2.45, 2.75) is 63.0 Å². The fourth-order valence-corrected chi connectivity index (χ4v) is 7.47. The van der Waals surface area contributed by atoms with E-state index in [4.69, 9.17) is 4.74 Å². The van der Waals surface area contributed by atoms with Crippen LogP contribution in [0.4, 0.5) is 4.79 Å². The number of fused-ring (bicyclic) bond motifs is 1. The first kappa shape index (κ1) is 19.2. The molecule has 1 aliphatic heterocycles. The van der Waals surface area contributed by atoms with Gasteiger partial charge in [0.2, 0.25) is 0 Å². The number of H-pyrrole nitrogens is 1. The zero-order chi connectivity index (χ0) is 21.2. The molecule has 2 aromatic rings. The number of aromatic nitrogens is 1. The number of nitrogens with one attached hydrogen (secondary N) is 1. The number of para-hydroxylation sites is 1. The summed E-state index contributed by atoms with van der Waals surface area (Å²) in [5.74, 6) is 1.62. The zero-order valence-corrected chi connectivity index (χ0v) is 17.8. The molecule has 4 saturated carbocycles. The van der Waals surface area contributed by atoms with Crippen molar-refractivity contribution >= 4 is 23.0 Å². The van der Waals surface area contributed by atoms with Crippen LogP contribution in [0.25, 0.3) is 10.9 Å². The Morgan fingerprint density at radius 2 is 1.81 bits per heavy atom. The summed E-state index contributed by atoms with van der Waals surface area (Å²) in [6, 6.07) is 7.90. The number of hydrogen-bond acceptors (Lipinski definition) is 3. The third-order valence-electron chi connectivity index (χ3n) is 8.64. The van der Waals surface area contributed by atoms with Crippen molar-refractivity contribution in [1.82, 2.24) is 9.88 Å². The fraction of sp³-hybridized carbons (Fsp3) is 0.600. The number of carbonyl (C=O) groups is 2. The van der Waals surface area contributed by atoms with E-state index < -0.39 is 17.6 Å². The van der Waals surface area contributed by atoms with Crippen molar-refractivity contribution in [3.8, 4) is 0 Å². The topological polar surface area (TPSA) is 82.6 Å². The number of ether oxygens (including phenoxy) is 1. The number of likely N-dealkylation sites (tertiary alicyclic amines) is 1. The Balaban J connectivity index is 1.26. The molecule has 6 heteroatoms. The minimum absolute atomic E-state index is 0.0273. The van der Waals surface area contributed by atoms with E-state index in [1.807, 2.05) is 30.5 Å². The molecule has 5 fully saturated rings. The van der Waals surface area contributed by atoms with Gasteiger partial charge in [-0.3, -0.25) is 4.90 Å². The number of amides is 1. The van der Waals surface area contributed by atoms with Crippen molar-refractivity contribution in [1.29, 1.82) is 0 Å². The third kappa shape index (κ3) is 2.98. The highest BCUT2D eigenvalue weighted by Gasteiger charge is 2.54. The van der Waals surface area contributed by atoms with Gasteiger partial charge < -0.3 is 14.8 Å². The molecular formula is C25H30N2O4. The zero-order valence-electron chi connectivity index (χ0n) is 17.8. The summed E-state index contributed by atoms with van der Waals surface area (Å²) in [5.41, 5.74) is 0.680. The molecule has 4 bridgehead atoms. The Hall–Kier alpha value is -2.50. The second-order valence-corrected chi connectivity index (χ2v) is 10.4.